The summed E-state index contributed by atoms with van der Waals surface area (Å²) in [5.74, 6) is -0.610. The van der Waals surface area contributed by atoms with Crippen LogP contribution in [-0.2, 0) is 6.54 Å². The molecule has 0 unspecified atom stereocenters. The first-order chi connectivity index (χ1) is 13.9. The fourth-order valence-corrected chi connectivity index (χ4v) is 3.37. The number of hydrogen-bond donors (Lipinski definition) is 2. The zero-order chi connectivity index (χ0) is 20.5. The molecule has 1 aliphatic rings. The van der Waals surface area contributed by atoms with Crippen molar-refractivity contribution in [1.29, 1.82) is 0 Å². The third-order valence-corrected chi connectivity index (χ3v) is 4.69. The molecule has 4 rings (SSSR count). The minimum atomic E-state index is -0.612. The van der Waals surface area contributed by atoms with Crippen LogP contribution in [-0.4, -0.2) is 11.8 Å². The molecule has 0 saturated heterocycles. The predicted octanol–water partition coefficient (Wildman–Crippen LogP) is 4.73. The zero-order valence-electron chi connectivity index (χ0n) is 16.0. The summed E-state index contributed by atoms with van der Waals surface area (Å²) in [7, 11) is 0. The Bertz CT molecular complexity index is 1120. The Morgan fingerprint density at radius 2 is 1.83 bits per heavy atom. The lowest BCUT2D eigenvalue weighted by molar-refractivity contribution is 0.0965. The quantitative estimate of drug-likeness (QED) is 0.677. The third-order valence-electron chi connectivity index (χ3n) is 4.69. The maximum absolute atomic E-state index is 14.5. The number of carbonyl (C=O) groups is 2. The van der Waals surface area contributed by atoms with Crippen LogP contribution >= 0.6 is 0 Å². The monoisotopic (exact) mass is 390 g/mol. The van der Waals surface area contributed by atoms with Gasteiger partial charge in [-0.15, -0.1) is 0 Å². The van der Waals surface area contributed by atoms with Crippen molar-refractivity contribution in [3.05, 3.63) is 88.2 Å². The van der Waals surface area contributed by atoms with E-state index in [0.29, 0.717) is 17.9 Å². The van der Waals surface area contributed by atoms with Crippen LogP contribution in [0.5, 0.6) is 11.5 Å². The van der Waals surface area contributed by atoms with Gasteiger partial charge in [-0.05, 0) is 66.9 Å². The highest BCUT2D eigenvalue weighted by atomic mass is 19.1. The summed E-state index contributed by atoms with van der Waals surface area (Å²) in [5, 5.41) is 5.28. The van der Waals surface area contributed by atoms with Gasteiger partial charge in [-0.3, -0.25) is 9.59 Å². The number of nitrogens with one attached hydrogen (secondary N) is 2. The SMILES string of the molecule is Cc1cc(C)cc(Oc2cccc(F)c2NC(=O)c2ccc3c(c2)C(=O)NC3)c1. The van der Waals surface area contributed by atoms with Gasteiger partial charge in [0.2, 0.25) is 0 Å². The second kappa shape index (κ2) is 7.39. The van der Waals surface area contributed by atoms with E-state index >= 15 is 0 Å². The van der Waals surface area contributed by atoms with E-state index < -0.39 is 11.7 Å². The summed E-state index contributed by atoms with van der Waals surface area (Å²) < 4.78 is 20.4. The maximum atomic E-state index is 14.5. The molecule has 0 saturated carbocycles. The molecule has 5 nitrogen and oxygen atoms in total. The number of anilines is 1. The molecule has 146 valence electrons. The van der Waals surface area contributed by atoms with Crippen LogP contribution in [0.3, 0.4) is 0 Å². The van der Waals surface area contributed by atoms with E-state index in [4.69, 9.17) is 4.74 Å². The summed E-state index contributed by atoms with van der Waals surface area (Å²) >= 11 is 0. The summed E-state index contributed by atoms with van der Waals surface area (Å²) in [5.41, 5.74) is 3.52. The van der Waals surface area contributed by atoms with Gasteiger partial charge in [0.25, 0.3) is 11.8 Å². The summed E-state index contributed by atoms with van der Waals surface area (Å²) in [6.07, 6.45) is 0. The molecule has 0 fully saturated rings. The van der Waals surface area contributed by atoms with E-state index in [9.17, 15) is 14.0 Å². The average molecular weight is 390 g/mol. The van der Waals surface area contributed by atoms with E-state index in [1.807, 2.05) is 32.0 Å². The Morgan fingerprint density at radius 3 is 2.59 bits per heavy atom. The van der Waals surface area contributed by atoms with Crippen molar-refractivity contribution < 1.29 is 18.7 Å². The van der Waals surface area contributed by atoms with Crippen molar-refractivity contribution in [2.45, 2.75) is 20.4 Å². The molecule has 2 amide bonds. The Labute approximate surface area is 167 Å². The first-order valence-corrected chi connectivity index (χ1v) is 9.18. The lowest BCUT2D eigenvalue weighted by Gasteiger charge is -2.14. The number of fused-ring (bicyclic) bond motifs is 1. The van der Waals surface area contributed by atoms with Crippen molar-refractivity contribution in [3.63, 3.8) is 0 Å². The van der Waals surface area contributed by atoms with Crippen molar-refractivity contribution in [1.82, 2.24) is 5.32 Å². The molecule has 1 aliphatic heterocycles. The van der Waals surface area contributed by atoms with E-state index in [2.05, 4.69) is 10.6 Å². The van der Waals surface area contributed by atoms with Crippen LogP contribution in [0.1, 0.15) is 37.4 Å². The number of carbonyl (C=O) groups excluding carboxylic acids is 2. The normalized spacial score (nSPS) is 12.3. The molecule has 1 heterocycles. The third kappa shape index (κ3) is 3.82. The lowest BCUT2D eigenvalue weighted by Crippen LogP contribution is -2.15. The smallest absolute Gasteiger partial charge is 0.255 e. The predicted molar refractivity (Wildman–Crippen MR) is 108 cm³/mol. The van der Waals surface area contributed by atoms with Gasteiger partial charge >= 0.3 is 0 Å². The van der Waals surface area contributed by atoms with Crippen LogP contribution in [0.25, 0.3) is 0 Å². The van der Waals surface area contributed by atoms with Gasteiger partial charge in [0.1, 0.15) is 11.4 Å². The van der Waals surface area contributed by atoms with E-state index in [1.165, 1.54) is 18.2 Å². The second-order valence-electron chi connectivity index (χ2n) is 7.05. The molecule has 29 heavy (non-hydrogen) atoms. The molecule has 3 aromatic rings. The van der Waals surface area contributed by atoms with Gasteiger partial charge in [0.15, 0.2) is 11.6 Å². The average Bonchev–Trinajstić information content (AvgIpc) is 3.04. The van der Waals surface area contributed by atoms with E-state index in [1.54, 1.807) is 18.2 Å². The molecular weight excluding hydrogens is 371 g/mol. The Morgan fingerprint density at radius 1 is 1.07 bits per heavy atom. The number of rotatable bonds is 4. The number of benzene rings is 3. The first-order valence-electron chi connectivity index (χ1n) is 9.18. The lowest BCUT2D eigenvalue weighted by atomic mass is 10.1. The molecule has 0 radical (unpaired) electrons. The van der Waals surface area contributed by atoms with Gasteiger partial charge in [0, 0.05) is 17.7 Å². The minimum Gasteiger partial charge on any atom is -0.455 e. The van der Waals surface area contributed by atoms with Crippen LogP contribution in [0, 0.1) is 19.7 Å². The van der Waals surface area contributed by atoms with Crippen LogP contribution < -0.4 is 15.4 Å². The highest BCUT2D eigenvalue weighted by molar-refractivity contribution is 6.07. The first kappa shape index (κ1) is 18.7. The van der Waals surface area contributed by atoms with Crippen molar-refractivity contribution in [2.75, 3.05) is 5.32 Å². The summed E-state index contributed by atoms with van der Waals surface area (Å²) in [6.45, 7) is 4.33. The Kier molecular flexibility index (Phi) is 4.76. The van der Waals surface area contributed by atoms with Gasteiger partial charge in [-0.25, -0.2) is 4.39 Å². The van der Waals surface area contributed by atoms with E-state index in [-0.39, 0.29) is 22.9 Å². The maximum Gasteiger partial charge on any atom is 0.255 e. The largest absolute Gasteiger partial charge is 0.455 e. The Balaban J connectivity index is 1.63. The standard InChI is InChI=1S/C23H19FN2O3/c1-13-8-14(2)10-17(9-13)29-20-5-3-4-19(24)21(20)26-22(27)15-6-7-16-12-25-23(28)18(16)11-15/h3-11H,12H2,1-2H3,(H,25,28)(H,26,27). The molecule has 0 aliphatic carbocycles. The van der Waals surface area contributed by atoms with Gasteiger partial charge in [-0.1, -0.05) is 18.2 Å². The van der Waals surface area contributed by atoms with E-state index in [0.717, 1.165) is 16.7 Å². The fraction of sp³-hybridized carbons (Fsp3) is 0.130. The molecule has 0 aromatic heterocycles. The molecule has 3 aromatic carbocycles. The number of halogens is 1. The molecule has 0 bridgehead atoms. The van der Waals surface area contributed by atoms with Crippen molar-refractivity contribution >= 4 is 17.5 Å². The van der Waals surface area contributed by atoms with Gasteiger partial charge in [0.05, 0.1) is 0 Å². The van der Waals surface area contributed by atoms with Crippen LogP contribution in [0.15, 0.2) is 54.6 Å². The second-order valence-corrected chi connectivity index (χ2v) is 7.05. The van der Waals surface area contributed by atoms with Gasteiger partial charge < -0.3 is 15.4 Å². The number of aryl methyl sites for hydroxylation is 2. The summed E-state index contributed by atoms with van der Waals surface area (Å²) in [6, 6.07) is 14.9. The van der Waals surface area contributed by atoms with Crippen LogP contribution in [0.2, 0.25) is 0 Å². The number of hydrogen-bond acceptors (Lipinski definition) is 3. The number of amides is 2. The molecular formula is C23H19FN2O3. The van der Waals surface area contributed by atoms with Gasteiger partial charge in [-0.2, -0.15) is 0 Å². The number of ether oxygens (including phenoxy) is 1. The highest BCUT2D eigenvalue weighted by Crippen LogP contribution is 2.33. The molecule has 0 atom stereocenters. The fourth-order valence-electron chi connectivity index (χ4n) is 3.37. The van der Waals surface area contributed by atoms with Crippen molar-refractivity contribution in [2.24, 2.45) is 0 Å². The number of para-hydroxylation sites is 1. The minimum absolute atomic E-state index is 0.0541. The summed E-state index contributed by atoms with van der Waals surface area (Å²) in [4.78, 5) is 24.6. The Hall–Kier alpha value is -3.67. The molecule has 6 heteroatoms. The van der Waals surface area contributed by atoms with Crippen LogP contribution in [0.4, 0.5) is 10.1 Å². The molecule has 2 N–H and O–H groups in total. The van der Waals surface area contributed by atoms with Crippen molar-refractivity contribution in [3.8, 4) is 11.5 Å². The zero-order valence-corrected chi connectivity index (χ0v) is 16.0. The highest BCUT2D eigenvalue weighted by Gasteiger charge is 2.21. The topological polar surface area (TPSA) is 67.4 Å². The molecule has 0 spiro atoms.